The zero-order valence-electron chi connectivity index (χ0n) is 9.04. The highest BCUT2D eigenvalue weighted by Gasteiger charge is 2.26. The van der Waals surface area contributed by atoms with E-state index in [-0.39, 0.29) is 11.3 Å². The molecule has 7 N–H and O–H groups in total. The number of carbonyl (C=O) groups is 1. The van der Waals surface area contributed by atoms with E-state index in [2.05, 4.69) is 4.18 Å². The van der Waals surface area contributed by atoms with Gasteiger partial charge in [0.1, 0.15) is 0 Å². The minimum atomic E-state index is -2.53. The van der Waals surface area contributed by atoms with E-state index in [0.29, 0.717) is 5.56 Å². The lowest BCUT2D eigenvalue weighted by Crippen LogP contribution is -2.37. The molecule has 2 atom stereocenters. The van der Waals surface area contributed by atoms with Crippen molar-refractivity contribution in [1.29, 1.82) is 0 Å². The fourth-order valence-electron chi connectivity index (χ4n) is 1.27. The van der Waals surface area contributed by atoms with Crippen LogP contribution in [-0.2, 0) is 21.3 Å². The molecule has 0 bridgehead atoms. The molecule has 7 nitrogen and oxygen atoms in total. The summed E-state index contributed by atoms with van der Waals surface area (Å²) >= 11 is -2.53. The average Bonchev–Trinajstić information content (AvgIpc) is 2.15. The molecule has 0 heterocycles. The van der Waals surface area contributed by atoms with Gasteiger partial charge in [0, 0.05) is 11.3 Å². The van der Waals surface area contributed by atoms with Crippen molar-refractivity contribution in [3.05, 3.63) is 29.3 Å². The number of rotatable bonds is 4. The maximum Gasteiger partial charge on any atom is 0.304 e. The van der Waals surface area contributed by atoms with Crippen LogP contribution in [0.25, 0.3) is 0 Å². The van der Waals surface area contributed by atoms with E-state index < -0.39 is 23.0 Å². The molecule has 0 saturated heterocycles. The van der Waals surface area contributed by atoms with Crippen LogP contribution in [0.4, 0.5) is 5.69 Å². The minimum absolute atomic E-state index is 0.0755. The monoisotopic (exact) mass is 259 g/mol. The van der Waals surface area contributed by atoms with Gasteiger partial charge in [0.15, 0.2) is 5.72 Å². The van der Waals surface area contributed by atoms with Crippen LogP contribution in [0.15, 0.2) is 18.2 Å². The molecule has 1 aromatic carbocycles. The topological polar surface area (TPSA) is 142 Å². The van der Waals surface area contributed by atoms with Gasteiger partial charge >= 0.3 is 11.4 Å². The van der Waals surface area contributed by atoms with E-state index in [4.69, 9.17) is 21.8 Å². The second kappa shape index (κ2) is 4.80. The molecule has 1 rings (SSSR count). The predicted molar refractivity (Wildman–Crippen MR) is 62.8 cm³/mol. The molecule has 2 unspecified atom stereocenters. The van der Waals surface area contributed by atoms with Crippen molar-refractivity contribution < 1.29 is 17.7 Å². The summed E-state index contributed by atoms with van der Waals surface area (Å²) in [4.78, 5) is 11.1. The Kier molecular flexibility index (Phi) is 3.83. The first-order chi connectivity index (χ1) is 7.74. The van der Waals surface area contributed by atoms with Gasteiger partial charge in [-0.25, -0.2) is 4.18 Å². The zero-order chi connectivity index (χ0) is 13.2. The maximum atomic E-state index is 11.1. The standard InChI is InChI=1S/C9H13N3O4S/c1-9(12,16-17(14)15)5-2-3-7(10)6(4-5)8(11)13/h2-4H,10,12H2,1H3,(H2,11,13)(H,14,15). The molecule has 0 aromatic heterocycles. The van der Waals surface area contributed by atoms with Gasteiger partial charge in [-0.2, -0.15) is 4.21 Å². The SMILES string of the molecule is CC(N)(OS(=O)O)c1ccc(N)c(C(N)=O)c1. The Bertz CT molecular complexity index is 475. The highest BCUT2D eigenvalue weighted by molar-refractivity contribution is 7.74. The summed E-state index contributed by atoms with van der Waals surface area (Å²) in [6.07, 6.45) is 0. The Morgan fingerprint density at radius 2 is 2.12 bits per heavy atom. The van der Waals surface area contributed by atoms with Crippen LogP contribution in [0.5, 0.6) is 0 Å². The van der Waals surface area contributed by atoms with Gasteiger partial charge in [-0.05, 0) is 19.1 Å². The molecule has 0 aliphatic rings. The summed E-state index contributed by atoms with van der Waals surface area (Å²) in [5, 5.41) is 0. The lowest BCUT2D eigenvalue weighted by atomic mass is 10.0. The number of hydrogen-bond donors (Lipinski definition) is 4. The van der Waals surface area contributed by atoms with Crippen LogP contribution in [0.3, 0.4) is 0 Å². The van der Waals surface area contributed by atoms with Gasteiger partial charge in [-0.1, -0.05) is 6.07 Å². The van der Waals surface area contributed by atoms with E-state index in [0.717, 1.165) is 0 Å². The van der Waals surface area contributed by atoms with Crippen molar-refractivity contribution >= 4 is 23.0 Å². The predicted octanol–water partition coefficient (Wildman–Crippen LogP) is -0.348. The molecule has 17 heavy (non-hydrogen) atoms. The zero-order valence-corrected chi connectivity index (χ0v) is 9.86. The molecule has 0 fully saturated rings. The van der Waals surface area contributed by atoms with Crippen molar-refractivity contribution in [2.75, 3.05) is 5.73 Å². The van der Waals surface area contributed by atoms with E-state index in [1.807, 2.05) is 0 Å². The first-order valence-electron chi connectivity index (χ1n) is 4.53. The fraction of sp³-hybridized carbons (Fsp3) is 0.222. The fourth-order valence-corrected chi connectivity index (χ4v) is 1.67. The van der Waals surface area contributed by atoms with Crippen LogP contribution in [0.2, 0.25) is 0 Å². The third-order valence-corrected chi connectivity index (χ3v) is 2.63. The normalized spacial score (nSPS) is 16.2. The molecule has 0 aliphatic heterocycles. The summed E-state index contributed by atoms with van der Waals surface area (Å²) in [5.41, 5.74) is 15.4. The number of primary amides is 1. The quantitative estimate of drug-likeness (QED) is 0.331. The largest absolute Gasteiger partial charge is 0.398 e. The van der Waals surface area contributed by atoms with Gasteiger partial charge in [0.2, 0.25) is 0 Å². The second-order valence-electron chi connectivity index (χ2n) is 3.57. The van der Waals surface area contributed by atoms with Crippen molar-refractivity contribution in [3.63, 3.8) is 0 Å². The van der Waals surface area contributed by atoms with E-state index in [1.165, 1.54) is 25.1 Å². The molecule has 0 saturated carbocycles. The molecule has 94 valence electrons. The molecular formula is C9H13N3O4S. The summed E-state index contributed by atoms with van der Waals surface area (Å²) in [6, 6.07) is 4.23. The number of amides is 1. The lowest BCUT2D eigenvalue weighted by molar-refractivity contribution is 0.0988. The van der Waals surface area contributed by atoms with Gasteiger partial charge in [0.05, 0.1) is 5.56 Å². The first kappa shape index (κ1) is 13.6. The van der Waals surface area contributed by atoms with Crippen molar-refractivity contribution in [2.24, 2.45) is 11.5 Å². The smallest absolute Gasteiger partial charge is 0.304 e. The third-order valence-electron chi connectivity index (χ3n) is 2.14. The van der Waals surface area contributed by atoms with Crippen LogP contribution >= 0.6 is 0 Å². The molecule has 0 spiro atoms. The van der Waals surface area contributed by atoms with Crippen LogP contribution < -0.4 is 17.2 Å². The highest BCUT2D eigenvalue weighted by atomic mass is 32.2. The Morgan fingerprint density at radius 3 is 2.59 bits per heavy atom. The van der Waals surface area contributed by atoms with Crippen LogP contribution in [0, 0.1) is 0 Å². The van der Waals surface area contributed by atoms with Crippen LogP contribution in [0.1, 0.15) is 22.8 Å². The number of hydrogen-bond acceptors (Lipinski definition) is 5. The van der Waals surface area contributed by atoms with Gasteiger partial charge in [-0.15, -0.1) is 0 Å². The molecule has 8 heteroatoms. The second-order valence-corrected chi connectivity index (χ2v) is 4.17. The average molecular weight is 259 g/mol. The van der Waals surface area contributed by atoms with Gasteiger partial charge in [-0.3, -0.25) is 15.1 Å². The molecule has 0 radical (unpaired) electrons. The minimum Gasteiger partial charge on any atom is -0.398 e. The maximum absolute atomic E-state index is 11.1. The molecule has 0 aliphatic carbocycles. The Labute approximate surface area is 100 Å². The summed E-state index contributed by atoms with van der Waals surface area (Å²) in [7, 11) is 0. The summed E-state index contributed by atoms with van der Waals surface area (Å²) in [6.45, 7) is 1.37. The number of nitrogen functional groups attached to an aromatic ring is 1. The molecule has 1 aromatic rings. The number of anilines is 1. The Morgan fingerprint density at radius 1 is 1.53 bits per heavy atom. The number of carbonyl (C=O) groups excluding carboxylic acids is 1. The highest BCUT2D eigenvalue weighted by Crippen LogP contribution is 2.23. The van der Waals surface area contributed by atoms with Crippen molar-refractivity contribution in [3.8, 4) is 0 Å². The Balaban J connectivity index is 3.19. The number of benzene rings is 1. The third kappa shape index (κ3) is 3.24. The summed E-state index contributed by atoms with van der Waals surface area (Å²) < 4.78 is 23.8. The van der Waals surface area contributed by atoms with E-state index in [9.17, 15) is 9.00 Å². The number of nitrogens with two attached hydrogens (primary N) is 3. The van der Waals surface area contributed by atoms with E-state index >= 15 is 0 Å². The van der Waals surface area contributed by atoms with Crippen LogP contribution in [-0.4, -0.2) is 14.7 Å². The van der Waals surface area contributed by atoms with Gasteiger partial charge < -0.3 is 11.5 Å². The van der Waals surface area contributed by atoms with E-state index in [1.54, 1.807) is 0 Å². The van der Waals surface area contributed by atoms with Gasteiger partial charge in [0.25, 0.3) is 5.91 Å². The van der Waals surface area contributed by atoms with Crippen molar-refractivity contribution in [1.82, 2.24) is 0 Å². The Hall–Kier alpha value is -1.48. The lowest BCUT2D eigenvalue weighted by Gasteiger charge is -2.23. The molecule has 1 amide bonds. The first-order valence-corrected chi connectivity index (χ1v) is 5.56. The van der Waals surface area contributed by atoms with Crippen molar-refractivity contribution in [2.45, 2.75) is 12.6 Å². The summed E-state index contributed by atoms with van der Waals surface area (Å²) in [5.74, 6) is -0.717. The molecular weight excluding hydrogens is 246 g/mol.